The van der Waals surface area contributed by atoms with E-state index in [1.165, 1.54) is 12.1 Å². The number of rotatable bonds is 4. The first-order valence-electron chi connectivity index (χ1n) is 8.06. The molecule has 0 saturated carbocycles. The zero-order valence-electron chi connectivity index (χ0n) is 14.9. The lowest BCUT2D eigenvalue weighted by Crippen LogP contribution is -2.32. The lowest BCUT2D eigenvalue weighted by molar-refractivity contribution is 0.0523. The predicted octanol–water partition coefficient (Wildman–Crippen LogP) is 2.90. The molecule has 0 unspecified atom stereocenters. The van der Waals surface area contributed by atoms with Crippen LogP contribution >= 0.6 is 0 Å². The minimum absolute atomic E-state index is 0.0184. The maximum atomic E-state index is 13.4. The molecule has 0 aliphatic heterocycles. The maximum absolute atomic E-state index is 13.4. The van der Waals surface area contributed by atoms with E-state index in [0.29, 0.717) is 11.3 Å². The number of ether oxygens (including phenoxy) is 1. The van der Waals surface area contributed by atoms with Crippen molar-refractivity contribution in [3.05, 3.63) is 59.4 Å². The summed E-state index contributed by atoms with van der Waals surface area (Å²) in [6.07, 6.45) is -0.510. The average Bonchev–Trinajstić information content (AvgIpc) is 2.55. The molecule has 0 aliphatic rings. The molecule has 5 nitrogen and oxygen atoms in total. The topological polar surface area (TPSA) is 67.4 Å². The third-order valence-corrected chi connectivity index (χ3v) is 3.31. The molecule has 0 spiro atoms. The molecule has 2 aromatic carbocycles. The van der Waals surface area contributed by atoms with E-state index in [-0.39, 0.29) is 17.9 Å². The largest absolute Gasteiger partial charge is 0.444 e. The van der Waals surface area contributed by atoms with Crippen LogP contribution in [-0.2, 0) is 11.3 Å². The van der Waals surface area contributed by atoms with E-state index in [0.717, 1.165) is 11.6 Å². The minimum atomic E-state index is -0.591. The highest BCUT2D eigenvalue weighted by molar-refractivity contribution is 6.32. The Morgan fingerprint density at radius 1 is 1.12 bits per heavy atom. The van der Waals surface area contributed by atoms with Crippen molar-refractivity contribution < 1.29 is 18.7 Å². The summed E-state index contributed by atoms with van der Waals surface area (Å²) in [5.74, 6) is -0.966. The molecule has 2 aromatic rings. The van der Waals surface area contributed by atoms with E-state index in [1.54, 1.807) is 45.0 Å². The fourth-order valence-corrected chi connectivity index (χ4v) is 2.07. The summed E-state index contributed by atoms with van der Waals surface area (Å²) in [7, 11) is 5.40. The van der Waals surface area contributed by atoms with Gasteiger partial charge in [-0.15, -0.1) is 0 Å². The van der Waals surface area contributed by atoms with Crippen LogP contribution in [0.5, 0.6) is 0 Å². The fraction of sp³-hybridized carbons (Fsp3) is 0.263. The number of carbonyl (C=O) groups excluding carboxylic acids is 2. The van der Waals surface area contributed by atoms with Crippen molar-refractivity contribution in [1.82, 2.24) is 5.32 Å². The van der Waals surface area contributed by atoms with Gasteiger partial charge in [-0.25, -0.2) is 9.18 Å². The van der Waals surface area contributed by atoms with Gasteiger partial charge in [0.1, 0.15) is 19.3 Å². The van der Waals surface area contributed by atoms with Crippen LogP contribution in [0.3, 0.4) is 0 Å². The monoisotopic (exact) mass is 354 g/mol. The van der Waals surface area contributed by atoms with Crippen molar-refractivity contribution >= 4 is 31.0 Å². The second kappa shape index (κ2) is 8.04. The maximum Gasteiger partial charge on any atom is 0.407 e. The summed E-state index contributed by atoms with van der Waals surface area (Å²) in [6, 6.07) is 10.7. The van der Waals surface area contributed by atoms with Crippen molar-refractivity contribution in [2.75, 3.05) is 5.32 Å². The van der Waals surface area contributed by atoms with Gasteiger partial charge in [0.05, 0.1) is 0 Å². The van der Waals surface area contributed by atoms with E-state index in [2.05, 4.69) is 10.6 Å². The molecule has 2 amide bonds. The number of hydrogen-bond donors (Lipinski definition) is 2. The van der Waals surface area contributed by atoms with Gasteiger partial charge in [-0.1, -0.05) is 23.7 Å². The summed E-state index contributed by atoms with van der Waals surface area (Å²) >= 11 is 0. The first-order chi connectivity index (χ1) is 12.1. The summed E-state index contributed by atoms with van der Waals surface area (Å²) < 4.78 is 18.6. The van der Waals surface area contributed by atoms with Gasteiger partial charge in [-0.3, -0.25) is 4.79 Å². The van der Waals surface area contributed by atoms with Crippen LogP contribution in [-0.4, -0.2) is 25.4 Å². The number of amides is 2. The Kier molecular flexibility index (Phi) is 6.03. The van der Waals surface area contributed by atoms with Crippen molar-refractivity contribution in [2.24, 2.45) is 0 Å². The molecule has 0 aromatic heterocycles. The average molecular weight is 354 g/mol. The van der Waals surface area contributed by atoms with Crippen molar-refractivity contribution in [3.63, 3.8) is 0 Å². The zero-order valence-corrected chi connectivity index (χ0v) is 14.9. The van der Waals surface area contributed by atoms with E-state index in [9.17, 15) is 14.0 Å². The van der Waals surface area contributed by atoms with Gasteiger partial charge in [0.15, 0.2) is 0 Å². The second-order valence-corrected chi connectivity index (χ2v) is 6.74. The van der Waals surface area contributed by atoms with E-state index in [4.69, 9.17) is 12.6 Å². The normalized spacial score (nSPS) is 10.9. The first kappa shape index (κ1) is 19.5. The molecule has 0 bridgehead atoms. The highest BCUT2D eigenvalue weighted by atomic mass is 19.1. The van der Waals surface area contributed by atoms with E-state index in [1.807, 2.05) is 0 Å². The van der Waals surface area contributed by atoms with E-state index < -0.39 is 17.5 Å². The Morgan fingerprint density at radius 2 is 1.77 bits per heavy atom. The molecule has 0 fully saturated rings. The Labute approximate surface area is 153 Å². The Morgan fingerprint density at radius 3 is 2.35 bits per heavy atom. The molecular formula is C19H20BFN2O3. The molecule has 7 heteroatoms. The summed E-state index contributed by atoms with van der Waals surface area (Å²) in [4.78, 5) is 23.8. The molecule has 2 rings (SSSR count). The van der Waals surface area contributed by atoms with Gasteiger partial charge in [0.25, 0.3) is 5.91 Å². The number of hydrogen-bond acceptors (Lipinski definition) is 3. The number of anilines is 1. The molecule has 26 heavy (non-hydrogen) atoms. The van der Waals surface area contributed by atoms with Crippen LogP contribution in [0.2, 0.25) is 0 Å². The van der Waals surface area contributed by atoms with Crippen molar-refractivity contribution in [1.29, 1.82) is 0 Å². The zero-order chi connectivity index (χ0) is 19.3. The number of halogens is 1. The molecule has 0 heterocycles. The predicted molar refractivity (Wildman–Crippen MR) is 99.3 cm³/mol. The van der Waals surface area contributed by atoms with Gasteiger partial charge in [0.2, 0.25) is 0 Å². The van der Waals surface area contributed by atoms with Crippen LogP contribution in [0.4, 0.5) is 14.9 Å². The highest BCUT2D eigenvalue weighted by Gasteiger charge is 2.15. The Bertz CT molecular complexity index is 801. The molecule has 0 atom stereocenters. The molecule has 0 aliphatic carbocycles. The third kappa shape index (κ3) is 5.91. The van der Waals surface area contributed by atoms with Crippen LogP contribution in [0, 0.1) is 5.82 Å². The number of carbonyl (C=O) groups is 2. The van der Waals surface area contributed by atoms with Gasteiger partial charge in [-0.05, 0) is 50.6 Å². The van der Waals surface area contributed by atoms with Crippen LogP contribution in [0.1, 0.15) is 36.7 Å². The highest BCUT2D eigenvalue weighted by Crippen LogP contribution is 2.11. The molecule has 2 radical (unpaired) electrons. The fourth-order valence-electron chi connectivity index (χ4n) is 2.07. The van der Waals surface area contributed by atoms with Gasteiger partial charge in [-0.2, -0.15) is 0 Å². The SMILES string of the molecule is [B]c1ccc(NC(=O)c2ccc(CNC(=O)OC(C)(C)C)cc2)cc1F. The molecule has 0 saturated heterocycles. The van der Waals surface area contributed by atoms with E-state index >= 15 is 0 Å². The van der Waals surface area contributed by atoms with Crippen molar-refractivity contribution in [2.45, 2.75) is 32.9 Å². The van der Waals surface area contributed by atoms with Crippen LogP contribution < -0.4 is 16.1 Å². The van der Waals surface area contributed by atoms with Crippen molar-refractivity contribution in [3.8, 4) is 0 Å². The Hall–Kier alpha value is -2.83. The number of benzene rings is 2. The quantitative estimate of drug-likeness (QED) is 0.830. The van der Waals surface area contributed by atoms with Gasteiger partial charge >= 0.3 is 6.09 Å². The van der Waals surface area contributed by atoms with Gasteiger partial charge in [0, 0.05) is 17.8 Å². The standard InChI is InChI=1S/C19H20BFN2O3/c1-19(2,3)26-18(25)22-11-12-4-6-13(7-5-12)17(24)23-14-8-9-15(20)16(21)10-14/h4-10H,11H2,1-3H3,(H,22,25)(H,23,24). The molecular weight excluding hydrogens is 334 g/mol. The smallest absolute Gasteiger partial charge is 0.407 e. The van der Waals surface area contributed by atoms with Crippen LogP contribution in [0.25, 0.3) is 0 Å². The van der Waals surface area contributed by atoms with Crippen LogP contribution in [0.15, 0.2) is 42.5 Å². The summed E-state index contributed by atoms with van der Waals surface area (Å²) in [5.41, 5.74) is 0.990. The Balaban J connectivity index is 1.92. The molecule has 2 N–H and O–H groups in total. The lowest BCUT2D eigenvalue weighted by atomic mass is 9.95. The number of nitrogens with one attached hydrogen (secondary N) is 2. The summed E-state index contributed by atoms with van der Waals surface area (Å²) in [5, 5.41) is 5.24. The minimum Gasteiger partial charge on any atom is -0.444 e. The molecule has 134 valence electrons. The second-order valence-electron chi connectivity index (χ2n) is 6.74. The third-order valence-electron chi connectivity index (χ3n) is 3.31. The lowest BCUT2D eigenvalue weighted by Gasteiger charge is -2.19. The number of alkyl carbamates (subject to hydrolysis) is 1. The van der Waals surface area contributed by atoms with Gasteiger partial charge < -0.3 is 15.4 Å². The first-order valence-corrected chi connectivity index (χ1v) is 8.06. The summed E-state index contributed by atoms with van der Waals surface area (Å²) in [6.45, 7) is 5.63.